The Labute approximate surface area is 158 Å². The van der Waals surface area contributed by atoms with Crippen molar-refractivity contribution in [2.24, 2.45) is 4.99 Å². The number of guanidine groups is 1. The molecule has 23 heavy (non-hydrogen) atoms. The molecule has 0 spiro atoms. The highest BCUT2D eigenvalue weighted by atomic mass is 127. The number of rotatable bonds is 5. The molecule has 6 nitrogen and oxygen atoms in total. The van der Waals surface area contributed by atoms with Crippen molar-refractivity contribution >= 4 is 41.3 Å². The molecule has 0 aliphatic heterocycles. The summed E-state index contributed by atoms with van der Waals surface area (Å²) in [7, 11) is 3.74. The minimum Gasteiger partial charge on any atom is -0.364 e. The number of hydrogen-bond acceptors (Lipinski definition) is 5. The SMILES string of the molecule is CN=C(NCc1nc(C(C)C)c(C)s1)N(C)Cc1ccon1.I. The van der Waals surface area contributed by atoms with Crippen molar-refractivity contribution in [3.63, 3.8) is 0 Å². The predicted molar refractivity (Wildman–Crippen MR) is 105 cm³/mol. The van der Waals surface area contributed by atoms with Crippen LogP contribution in [0.1, 0.15) is 41.0 Å². The van der Waals surface area contributed by atoms with Crippen LogP contribution in [0, 0.1) is 6.92 Å². The molecule has 0 aromatic carbocycles. The molecule has 2 aromatic rings. The molecule has 2 heterocycles. The average Bonchev–Trinajstić information content (AvgIpc) is 3.09. The third-order valence-electron chi connectivity index (χ3n) is 3.29. The van der Waals surface area contributed by atoms with Crippen LogP contribution < -0.4 is 5.32 Å². The first-order chi connectivity index (χ1) is 10.5. The molecule has 0 aliphatic rings. The van der Waals surface area contributed by atoms with Gasteiger partial charge in [0.25, 0.3) is 0 Å². The quantitative estimate of drug-likeness (QED) is 0.431. The Hall–Kier alpha value is -1.16. The standard InChI is InChI=1S/C15H23N5OS.HI/c1-10(2)14-11(3)22-13(18-14)8-17-15(16-4)20(5)9-12-6-7-21-19-12;/h6-7,10H,8-9H2,1-5H3,(H,16,17);1H. The topological polar surface area (TPSA) is 66.6 Å². The van der Waals surface area contributed by atoms with Gasteiger partial charge in [0.1, 0.15) is 17.0 Å². The van der Waals surface area contributed by atoms with Crippen molar-refractivity contribution in [1.29, 1.82) is 0 Å². The second-order valence-electron chi connectivity index (χ2n) is 5.45. The minimum atomic E-state index is 0. The maximum absolute atomic E-state index is 4.85. The van der Waals surface area contributed by atoms with Crippen molar-refractivity contribution < 1.29 is 4.52 Å². The van der Waals surface area contributed by atoms with E-state index in [9.17, 15) is 0 Å². The van der Waals surface area contributed by atoms with E-state index < -0.39 is 0 Å². The third kappa shape index (κ3) is 5.45. The highest BCUT2D eigenvalue weighted by Crippen LogP contribution is 2.23. The summed E-state index contributed by atoms with van der Waals surface area (Å²) < 4.78 is 4.85. The zero-order valence-corrected chi connectivity index (χ0v) is 17.3. The molecule has 0 radical (unpaired) electrons. The monoisotopic (exact) mass is 449 g/mol. The molecular weight excluding hydrogens is 425 g/mol. The summed E-state index contributed by atoms with van der Waals surface area (Å²) in [5.74, 6) is 1.26. The van der Waals surface area contributed by atoms with Crippen LogP contribution in [-0.2, 0) is 13.1 Å². The molecule has 0 fully saturated rings. The van der Waals surface area contributed by atoms with Crippen LogP contribution in [0.3, 0.4) is 0 Å². The van der Waals surface area contributed by atoms with Gasteiger partial charge in [-0.3, -0.25) is 4.99 Å². The summed E-state index contributed by atoms with van der Waals surface area (Å²) in [5, 5.41) is 8.34. The van der Waals surface area contributed by atoms with E-state index in [4.69, 9.17) is 9.51 Å². The Balaban J connectivity index is 0.00000264. The van der Waals surface area contributed by atoms with Gasteiger partial charge < -0.3 is 14.7 Å². The second-order valence-corrected chi connectivity index (χ2v) is 6.74. The van der Waals surface area contributed by atoms with Gasteiger partial charge in [-0.15, -0.1) is 35.3 Å². The number of aromatic nitrogens is 2. The molecule has 2 aromatic heterocycles. The van der Waals surface area contributed by atoms with Crippen LogP contribution in [0.2, 0.25) is 0 Å². The van der Waals surface area contributed by atoms with Gasteiger partial charge in [0, 0.05) is 25.0 Å². The van der Waals surface area contributed by atoms with Crippen molar-refractivity contribution in [1.82, 2.24) is 20.4 Å². The van der Waals surface area contributed by atoms with Crippen LogP contribution in [0.4, 0.5) is 0 Å². The summed E-state index contributed by atoms with van der Waals surface area (Å²) in [6, 6.07) is 1.85. The number of aliphatic imine (C=N–C) groups is 1. The molecular formula is C15H24IN5OS. The maximum Gasteiger partial charge on any atom is 0.194 e. The fourth-order valence-electron chi connectivity index (χ4n) is 2.25. The molecule has 0 bridgehead atoms. The molecule has 8 heteroatoms. The van der Waals surface area contributed by atoms with Gasteiger partial charge in [-0.2, -0.15) is 0 Å². The van der Waals surface area contributed by atoms with Gasteiger partial charge in [0.15, 0.2) is 5.96 Å². The van der Waals surface area contributed by atoms with Crippen LogP contribution in [0.15, 0.2) is 21.8 Å². The first kappa shape index (κ1) is 19.9. The lowest BCUT2D eigenvalue weighted by molar-refractivity contribution is 0.391. The molecule has 0 atom stereocenters. The fraction of sp³-hybridized carbons (Fsp3) is 0.533. The highest BCUT2D eigenvalue weighted by molar-refractivity contribution is 14.0. The van der Waals surface area contributed by atoms with Crippen molar-refractivity contribution in [3.8, 4) is 0 Å². The van der Waals surface area contributed by atoms with E-state index in [1.807, 2.05) is 18.0 Å². The molecule has 1 N–H and O–H groups in total. The first-order valence-electron chi connectivity index (χ1n) is 7.28. The van der Waals surface area contributed by atoms with E-state index >= 15 is 0 Å². The molecule has 0 saturated heterocycles. The van der Waals surface area contributed by atoms with Gasteiger partial charge in [-0.25, -0.2) is 4.98 Å². The van der Waals surface area contributed by atoms with Gasteiger partial charge >= 0.3 is 0 Å². The zero-order chi connectivity index (χ0) is 16.1. The lowest BCUT2D eigenvalue weighted by Crippen LogP contribution is -2.38. The van der Waals surface area contributed by atoms with Crippen LogP contribution >= 0.6 is 35.3 Å². The van der Waals surface area contributed by atoms with Crippen LogP contribution in [0.5, 0.6) is 0 Å². The number of nitrogens with one attached hydrogen (secondary N) is 1. The summed E-state index contributed by atoms with van der Waals surface area (Å²) >= 11 is 1.74. The largest absolute Gasteiger partial charge is 0.364 e. The highest BCUT2D eigenvalue weighted by Gasteiger charge is 2.13. The Kier molecular flexibility index (Phi) is 7.97. The smallest absolute Gasteiger partial charge is 0.194 e. The predicted octanol–water partition coefficient (Wildman–Crippen LogP) is 3.39. The Morgan fingerprint density at radius 2 is 2.22 bits per heavy atom. The fourth-order valence-corrected chi connectivity index (χ4v) is 3.28. The van der Waals surface area contributed by atoms with E-state index in [2.05, 4.69) is 36.2 Å². The zero-order valence-electron chi connectivity index (χ0n) is 14.2. The molecule has 128 valence electrons. The molecule has 0 saturated carbocycles. The molecule has 2 rings (SSSR count). The van der Waals surface area contributed by atoms with E-state index in [1.165, 1.54) is 10.6 Å². The number of hydrogen-bond donors (Lipinski definition) is 1. The van der Waals surface area contributed by atoms with Gasteiger partial charge in [-0.05, 0) is 12.8 Å². The number of aryl methyl sites for hydroxylation is 1. The first-order valence-corrected chi connectivity index (χ1v) is 8.10. The Morgan fingerprint density at radius 3 is 2.74 bits per heavy atom. The van der Waals surface area contributed by atoms with E-state index in [-0.39, 0.29) is 24.0 Å². The van der Waals surface area contributed by atoms with Gasteiger partial charge in [0.2, 0.25) is 0 Å². The van der Waals surface area contributed by atoms with Crippen LogP contribution in [-0.4, -0.2) is 35.1 Å². The van der Waals surface area contributed by atoms with Gasteiger partial charge in [0.05, 0.1) is 18.8 Å². The number of thiazole rings is 1. The Morgan fingerprint density at radius 1 is 1.48 bits per heavy atom. The summed E-state index contributed by atoms with van der Waals surface area (Å²) in [5.41, 5.74) is 2.06. The molecule has 0 aliphatic carbocycles. The molecule has 0 amide bonds. The number of nitrogens with zero attached hydrogens (tertiary/aromatic N) is 4. The summed E-state index contributed by atoms with van der Waals surface area (Å²) in [6.45, 7) is 7.79. The second kappa shape index (κ2) is 9.21. The minimum absolute atomic E-state index is 0. The van der Waals surface area contributed by atoms with E-state index in [0.29, 0.717) is 19.0 Å². The lowest BCUT2D eigenvalue weighted by Gasteiger charge is -2.20. The third-order valence-corrected chi connectivity index (χ3v) is 4.27. The maximum atomic E-state index is 4.85. The average molecular weight is 449 g/mol. The van der Waals surface area contributed by atoms with Gasteiger partial charge in [-0.1, -0.05) is 19.0 Å². The van der Waals surface area contributed by atoms with E-state index in [0.717, 1.165) is 16.7 Å². The van der Waals surface area contributed by atoms with Crippen molar-refractivity contribution in [2.75, 3.05) is 14.1 Å². The van der Waals surface area contributed by atoms with Crippen molar-refractivity contribution in [3.05, 3.63) is 33.6 Å². The molecule has 0 unspecified atom stereocenters. The van der Waals surface area contributed by atoms with Crippen LogP contribution in [0.25, 0.3) is 0 Å². The summed E-state index contributed by atoms with van der Waals surface area (Å²) in [6.07, 6.45) is 1.57. The summed E-state index contributed by atoms with van der Waals surface area (Å²) in [4.78, 5) is 12.3. The lowest BCUT2D eigenvalue weighted by atomic mass is 10.1. The number of halogens is 1. The van der Waals surface area contributed by atoms with E-state index in [1.54, 1.807) is 24.6 Å². The van der Waals surface area contributed by atoms with Crippen molar-refractivity contribution in [2.45, 2.75) is 39.8 Å². The normalized spacial score (nSPS) is 11.5. The Bertz CT molecular complexity index is 624.